The summed E-state index contributed by atoms with van der Waals surface area (Å²) in [5.74, 6) is 1.07. The van der Waals surface area contributed by atoms with Gasteiger partial charge >= 0.3 is 0 Å². The summed E-state index contributed by atoms with van der Waals surface area (Å²) < 4.78 is 5.30. The molecule has 0 aliphatic carbocycles. The van der Waals surface area contributed by atoms with Crippen LogP contribution in [0.4, 0.5) is 0 Å². The van der Waals surface area contributed by atoms with E-state index in [0.29, 0.717) is 0 Å². The Hall–Kier alpha value is -0.720. The second kappa shape index (κ2) is 12.3. The molecule has 0 aromatic heterocycles. The zero-order valence-electron chi connectivity index (χ0n) is 10.7. The highest BCUT2D eigenvalue weighted by molar-refractivity contribution is 5.27. The monoisotopic (exact) mass is 198 g/mol. The zero-order chi connectivity index (χ0) is 11.4. The lowest BCUT2D eigenvalue weighted by molar-refractivity contribution is 0.265. The predicted molar refractivity (Wildman–Crippen MR) is 65.4 cm³/mol. The summed E-state index contributed by atoms with van der Waals surface area (Å²) >= 11 is 0. The van der Waals surface area contributed by atoms with Gasteiger partial charge in [0, 0.05) is 6.42 Å². The second-order valence-electron chi connectivity index (χ2n) is 2.77. The van der Waals surface area contributed by atoms with Crippen LogP contribution in [0.1, 0.15) is 54.4 Å². The van der Waals surface area contributed by atoms with Crippen molar-refractivity contribution in [2.45, 2.75) is 54.4 Å². The van der Waals surface area contributed by atoms with E-state index < -0.39 is 0 Å². The minimum atomic E-state index is 0.860. The van der Waals surface area contributed by atoms with E-state index in [-0.39, 0.29) is 0 Å². The Morgan fingerprint density at radius 2 is 1.64 bits per heavy atom. The molecular weight excluding hydrogens is 172 g/mol. The summed E-state index contributed by atoms with van der Waals surface area (Å²) in [6.07, 6.45) is 6.46. The van der Waals surface area contributed by atoms with E-state index >= 15 is 0 Å². The molecule has 1 heteroatoms. The molecule has 1 saturated heterocycles. The van der Waals surface area contributed by atoms with E-state index in [1.165, 1.54) is 12.0 Å². The molecule has 1 fully saturated rings. The highest BCUT2D eigenvalue weighted by atomic mass is 16.5. The normalized spacial score (nSPS) is 19.3. The summed E-state index contributed by atoms with van der Waals surface area (Å²) in [4.78, 5) is 0. The highest BCUT2D eigenvalue weighted by Crippen LogP contribution is 2.22. The van der Waals surface area contributed by atoms with Crippen LogP contribution in [0.15, 0.2) is 23.5 Å². The van der Waals surface area contributed by atoms with Gasteiger partial charge in [-0.15, -0.1) is 0 Å². The van der Waals surface area contributed by atoms with Gasteiger partial charge in [-0.25, -0.2) is 0 Å². The van der Waals surface area contributed by atoms with Crippen LogP contribution in [0.2, 0.25) is 0 Å². The van der Waals surface area contributed by atoms with Crippen LogP contribution >= 0.6 is 0 Å². The van der Waals surface area contributed by atoms with Gasteiger partial charge < -0.3 is 4.74 Å². The molecule has 1 rings (SSSR count). The van der Waals surface area contributed by atoms with Crippen molar-refractivity contribution < 1.29 is 4.74 Å². The van der Waals surface area contributed by atoms with Crippen molar-refractivity contribution in [1.82, 2.24) is 0 Å². The molecule has 0 aromatic carbocycles. The lowest BCUT2D eigenvalue weighted by Crippen LogP contribution is -1.77. The van der Waals surface area contributed by atoms with Crippen molar-refractivity contribution in [3.63, 3.8) is 0 Å². The van der Waals surface area contributed by atoms with Crippen molar-refractivity contribution in [3.05, 3.63) is 23.5 Å². The number of hydrogen-bond acceptors (Lipinski definition) is 1. The number of rotatable bonds is 0. The van der Waals surface area contributed by atoms with Gasteiger partial charge in [-0.3, -0.25) is 0 Å². The molecule has 14 heavy (non-hydrogen) atoms. The Morgan fingerprint density at radius 3 is 1.93 bits per heavy atom. The first-order valence-corrected chi connectivity index (χ1v) is 5.74. The molecule has 1 nitrogen and oxygen atoms in total. The highest BCUT2D eigenvalue weighted by Gasteiger charge is 2.11. The molecule has 0 saturated carbocycles. The summed E-state index contributed by atoms with van der Waals surface area (Å²) in [7, 11) is 0. The maximum atomic E-state index is 5.30. The molecule has 0 atom stereocenters. The van der Waals surface area contributed by atoms with Gasteiger partial charge in [-0.1, -0.05) is 40.2 Å². The molecule has 0 aromatic rings. The average Bonchev–Trinajstić information content (AvgIpc) is 2.69. The Labute approximate surface area is 89.9 Å². The predicted octanol–water partition coefficient (Wildman–Crippen LogP) is 4.70. The lowest BCUT2D eigenvalue weighted by Gasteiger charge is -1.95. The quantitative estimate of drug-likeness (QED) is 0.548. The molecule has 0 radical (unpaired) electrons. The Balaban J connectivity index is 0. The fourth-order valence-electron chi connectivity index (χ4n) is 1.04. The van der Waals surface area contributed by atoms with E-state index in [0.717, 1.165) is 18.8 Å². The SMILES string of the molecule is C/C=C1/CCO/C1=C/C.CC.CCC. The maximum absolute atomic E-state index is 5.30. The molecular formula is C13H26O. The summed E-state index contributed by atoms with van der Waals surface area (Å²) in [5, 5.41) is 0. The largest absolute Gasteiger partial charge is 0.493 e. The topological polar surface area (TPSA) is 9.23 Å². The third-order valence-electron chi connectivity index (χ3n) is 1.56. The Bertz CT molecular complexity index is 148. The van der Waals surface area contributed by atoms with Gasteiger partial charge in [0.15, 0.2) is 0 Å². The van der Waals surface area contributed by atoms with Crippen LogP contribution in [0.25, 0.3) is 0 Å². The van der Waals surface area contributed by atoms with Crippen LogP contribution in [0.3, 0.4) is 0 Å². The number of ether oxygens (including phenoxy) is 1. The van der Waals surface area contributed by atoms with Crippen LogP contribution in [0, 0.1) is 0 Å². The molecule has 1 heterocycles. The van der Waals surface area contributed by atoms with Gasteiger partial charge in [0.1, 0.15) is 5.76 Å². The third kappa shape index (κ3) is 6.76. The molecule has 1 aliphatic rings. The number of allylic oxidation sites excluding steroid dienone is 3. The Kier molecular flexibility index (Phi) is 13.8. The average molecular weight is 198 g/mol. The first-order chi connectivity index (χ1) is 6.79. The minimum absolute atomic E-state index is 0.860. The van der Waals surface area contributed by atoms with Crippen LogP contribution in [-0.4, -0.2) is 6.61 Å². The van der Waals surface area contributed by atoms with Crippen molar-refractivity contribution in [3.8, 4) is 0 Å². The lowest BCUT2D eigenvalue weighted by atomic mass is 10.2. The van der Waals surface area contributed by atoms with E-state index in [4.69, 9.17) is 4.74 Å². The molecule has 0 spiro atoms. The zero-order valence-corrected chi connectivity index (χ0v) is 10.7. The van der Waals surface area contributed by atoms with E-state index in [1.54, 1.807) is 0 Å². The standard InChI is InChI=1S/C8H12O.C3H8.C2H6/c1-3-7-5-6-9-8(7)4-2;1-3-2;1-2/h3-4H,5-6H2,1-2H3;3H2,1-2H3;1-2H3/b7-3-,8-4+;;. The molecule has 0 unspecified atom stereocenters. The first-order valence-electron chi connectivity index (χ1n) is 5.74. The molecule has 84 valence electrons. The van der Waals surface area contributed by atoms with Crippen LogP contribution < -0.4 is 0 Å². The first kappa shape index (κ1) is 15.7. The molecule has 0 bridgehead atoms. The Morgan fingerprint density at radius 1 is 1.14 bits per heavy atom. The van der Waals surface area contributed by atoms with Crippen LogP contribution in [0.5, 0.6) is 0 Å². The van der Waals surface area contributed by atoms with Crippen molar-refractivity contribution in [2.24, 2.45) is 0 Å². The smallest absolute Gasteiger partial charge is 0.118 e. The minimum Gasteiger partial charge on any atom is -0.493 e. The van der Waals surface area contributed by atoms with Gasteiger partial charge in [-0.2, -0.15) is 0 Å². The maximum Gasteiger partial charge on any atom is 0.118 e. The summed E-state index contributed by atoms with van der Waals surface area (Å²) in [6.45, 7) is 13.2. The van der Waals surface area contributed by atoms with E-state index in [2.05, 4.69) is 19.9 Å². The van der Waals surface area contributed by atoms with Crippen molar-refractivity contribution >= 4 is 0 Å². The van der Waals surface area contributed by atoms with Gasteiger partial charge in [0.25, 0.3) is 0 Å². The van der Waals surface area contributed by atoms with Crippen molar-refractivity contribution in [2.75, 3.05) is 6.61 Å². The summed E-state index contributed by atoms with van der Waals surface area (Å²) in [6, 6.07) is 0. The van der Waals surface area contributed by atoms with Crippen molar-refractivity contribution in [1.29, 1.82) is 0 Å². The van der Waals surface area contributed by atoms with Gasteiger partial charge in [-0.05, 0) is 25.5 Å². The summed E-state index contributed by atoms with van der Waals surface area (Å²) in [5.41, 5.74) is 1.34. The van der Waals surface area contributed by atoms with E-state index in [9.17, 15) is 0 Å². The molecule has 1 aliphatic heterocycles. The third-order valence-corrected chi connectivity index (χ3v) is 1.56. The fourth-order valence-corrected chi connectivity index (χ4v) is 1.04. The van der Waals surface area contributed by atoms with Gasteiger partial charge in [0.2, 0.25) is 0 Å². The van der Waals surface area contributed by atoms with Gasteiger partial charge in [0.05, 0.1) is 6.61 Å². The van der Waals surface area contributed by atoms with Crippen LogP contribution in [-0.2, 0) is 4.74 Å². The fraction of sp³-hybridized carbons (Fsp3) is 0.692. The van der Waals surface area contributed by atoms with E-state index in [1.807, 2.05) is 33.8 Å². The molecule has 0 N–H and O–H groups in total. The number of hydrogen-bond donors (Lipinski definition) is 0. The molecule has 0 amide bonds. The second-order valence-corrected chi connectivity index (χ2v) is 2.77.